The first-order valence-corrected chi connectivity index (χ1v) is 4.60. The second-order valence-electron chi connectivity index (χ2n) is 3.26. The van der Waals surface area contributed by atoms with Gasteiger partial charge in [0.15, 0.2) is 5.76 Å². The number of carboxylic acids is 1. The normalized spacial score (nSPS) is 10.8. The highest BCUT2D eigenvalue weighted by molar-refractivity contribution is 5.94. The van der Waals surface area contributed by atoms with Gasteiger partial charge in [-0.3, -0.25) is 0 Å². The van der Waals surface area contributed by atoms with Crippen LogP contribution >= 0.6 is 0 Å². The number of nitrogens with zero attached hydrogens (tertiary/aromatic N) is 4. The van der Waals surface area contributed by atoms with Gasteiger partial charge < -0.3 is 9.63 Å². The molecule has 3 rings (SSSR count). The van der Waals surface area contributed by atoms with Gasteiger partial charge in [-0.2, -0.15) is 10.3 Å². The van der Waals surface area contributed by atoms with Gasteiger partial charge in [0, 0.05) is 11.8 Å². The lowest BCUT2D eigenvalue weighted by molar-refractivity contribution is 0.0697. The fourth-order valence-corrected chi connectivity index (χ4v) is 1.46. The first-order chi connectivity index (χ1) is 8.25. The van der Waals surface area contributed by atoms with Gasteiger partial charge in [-0.1, -0.05) is 5.16 Å². The molecule has 0 amide bonds. The number of fused-ring (bicyclic) bond motifs is 1. The van der Waals surface area contributed by atoms with Crippen LogP contribution in [0.15, 0.2) is 23.0 Å². The van der Waals surface area contributed by atoms with E-state index in [1.54, 1.807) is 6.07 Å². The molecular weight excluding hydrogens is 226 g/mol. The van der Waals surface area contributed by atoms with Crippen LogP contribution in [0.2, 0.25) is 0 Å². The summed E-state index contributed by atoms with van der Waals surface area (Å²) in [6.07, 6.45) is 2.60. The molecular formula is C9H5N5O3. The Morgan fingerprint density at radius 2 is 2.24 bits per heavy atom. The molecule has 0 aliphatic carbocycles. The summed E-state index contributed by atoms with van der Waals surface area (Å²) in [5.41, 5.74) is 1.44. The van der Waals surface area contributed by atoms with E-state index in [2.05, 4.69) is 25.6 Å². The van der Waals surface area contributed by atoms with Gasteiger partial charge in [-0.15, -0.1) is 5.10 Å². The van der Waals surface area contributed by atoms with Gasteiger partial charge in [-0.25, -0.2) is 9.78 Å². The number of pyridine rings is 1. The Morgan fingerprint density at radius 1 is 1.35 bits per heavy atom. The summed E-state index contributed by atoms with van der Waals surface area (Å²) >= 11 is 0. The van der Waals surface area contributed by atoms with Gasteiger partial charge in [-0.05, 0) is 6.07 Å². The summed E-state index contributed by atoms with van der Waals surface area (Å²) in [5.74, 6) is -0.962. The van der Waals surface area contributed by atoms with E-state index in [4.69, 9.17) is 9.63 Å². The van der Waals surface area contributed by atoms with E-state index in [0.717, 1.165) is 6.20 Å². The predicted octanol–water partition coefficient (Wildman–Crippen LogP) is 0.706. The van der Waals surface area contributed by atoms with Crippen molar-refractivity contribution in [1.29, 1.82) is 0 Å². The topological polar surface area (TPSA) is 118 Å². The molecule has 2 N–H and O–H groups in total. The van der Waals surface area contributed by atoms with E-state index in [1.807, 2.05) is 0 Å². The van der Waals surface area contributed by atoms with Crippen LogP contribution in [-0.4, -0.2) is 36.6 Å². The molecule has 0 saturated carbocycles. The van der Waals surface area contributed by atoms with Crippen LogP contribution in [0, 0.1) is 0 Å². The molecule has 0 saturated heterocycles. The van der Waals surface area contributed by atoms with Gasteiger partial charge >= 0.3 is 5.97 Å². The number of carbonyl (C=O) groups is 1. The molecule has 0 aromatic carbocycles. The fourth-order valence-electron chi connectivity index (χ4n) is 1.46. The Morgan fingerprint density at radius 3 is 3.06 bits per heavy atom. The number of aromatic nitrogens is 5. The molecule has 0 atom stereocenters. The highest BCUT2D eigenvalue weighted by Crippen LogP contribution is 2.24. The third-order valence-corrected chi connectivity index (χ3v) is 2.24. The van der Waals surface area contributed by atoms with Gasteiger partial charge in [0.1, 0.15) is 11.1 Å². The van der Waals surface area contributed by atoms with Crippen LogP contribution in [0.25, 0.3) is 22.5 Å². The number of nitrogens with one attached hydrogen (secondary N) is 1. The van der Waals surface area contributed by atoms with Crippen LogP contribution in [0.1, 0.15) is 10.4 Å². The van der Waals surface area contributed by atoms with E-state index in [1.165, 1.54) is 6.20 Å². The number of aromatic carboxylic acids is 1. The Hall–Kier alpha value is -2.77. The second kappa shape index (κ2) is 3.37. The first kappa shape index (κ1) is 9.46. The molecule has 3 aromatic heterocycles. The Kier molecular flexibility index (Phi) is 1.87. The summed E-state index contributed by atoms with van der Waals surface area (Å²) in [6.45, 7) is 0. The smallest absolute Gasteiger partial charge is 0.341 e. The fraction of sp³-hybridized carbons (Fsp3) is 0. The van der Waals surface area contributed by atoms with Gasteiger partial charge in [0.05, 0.1) is 6.20 Å². The first-order valence-electron chi connectivity index (χ1n) is 4.60. The van der Waals surface area contributed by atoms with Crippen LogP contribution < -0.4 is 0 Å². The Balaban J connectivity index is 2.19. The minimum atomic E-state index is -1.11. The maximum atomic E-state index is 10.9. The number of hydrogen-bond donors (Lipinski definition) is 2. The SMILES string of the molecule is O=C(O)c1cnoc1-c1cnc2n[nH]nc2c1. The average Bonchev–Trinajstić information content (AvgIpc) is 2.96. The molecule has 3 aromatic rings. The van der Waals surface area contributed by atoms with Crippen LogP contribution in [0.5, 0.6) is 0 Å². The van der Waals surface area contributed by atoms with Crippen molar-refractivity contribution in [2.45, 2.75) is 0 Å². The van der Waals surface area contributed by atoms with E-state index < -0.39 is 5.97 Å². The highest BCUT2D eigenvalue weighted by Gasteiger charge is 2.17. The van der Waals surface area contributed by atoms with Crippen LogP contribution in [-0.2, 0) is 0 Å². The lowest BCUT2D eigenvalue weighted by Crippen LogP contribution is -1.96. The van der Waals surface area contributed by atoms with Crippen molar-refractivity contribution in [3.63, 3.8) is 0 Å². The van der Waals surface area contributed by atoms with Crippen molar-refractivity contribution < 1.29 is 14.4 Å². The monoisotopic (exact) mass is 231 g/mol. The number of aromatic amines is 1. The molecule has 0 spiro atoms. The molecule has 0 aliphatic rings. The molecule has 3 heterocycles. The zero-order chi connectivity index (χ0) is 11.8. The second-order valence-corrected chi connectivity index (χ2v) is 3.26. The zero-order valence-corrected chi connectivity index (χ0v) is 8.28. The van der Waals surface area contributed by atoms with E-state index in [0.29, 0.717) is 16.7 Å². The van der Waals surface area contributed by atoms with E-state index in [9.17, 15) is 4.79 Å². The lowest BCUT2D eigenvalue weighted by atomic mass is 10.1. The van der Waals surface area contributed by atoms with Crippen molar-refractivity contribution in [1.82, 2.24) is 25.6 Å². The molecule has 8 heteroatoms. The molecule has 0 radical (unpaired) electrons. The van der Waals surface area contributed by atoms with Gasteiger partial charge in [0.2, 0.25) is 5.65 Å². The third kappa shape index (κ3) is 1.42. The molecule has 8 nitrogen and oxygen atoms in total. The maximum absolute atomic E-state index is 10.9. The maximum Gasteiger partial charge on any atom is 0.341 e. The molecule has 0 fully saturated rings. The number of H-pyrrole nitrogens is 1. The van der Waals surface area contributed by atoms with Crippen molar-refractivity contribution in [2.24, 2.45) is 0 Å². The summed E-state index contributed by atoms with van der Waals surface area (Å²) in [4.78, 5) is 14.9. The summed E-state index contributed by atoms with van der Waals surface area (Å²) < 4.78 is 4.91. The molecule has 84 valence electrons. The number of rotatable bonds is 2. The van der Waals surface area contributed by atoms with Crippen molar-refractivity contribution >= 4 is 17.1 Å². The van der Waals surface area contributed by atoms with Gasteiger partial charge in [0.25, 0.3) is 0 Å². The molecule has 0 aliphatic heterocycles. The molecule has 0 unspecified atom stereocenters. The minimum Gasteiger partial charge on any atom is -0.477 e. The van der Waals surface area contributed by atoms with Crippen molar-refractivity contribution in [2.75, 3.05) is 0 Å². The lowest BCUT2D eigenvalue weighted by Gasteiger charge is -1.96. The standard InChI is InChI=1S/C9H5N5O3/c15-9(16)5-3-11-17-7(5)4-1-6-8(10-2-4)13-14-12-6/h1-3H,(H,15,16)(H,10,12,13,14). The Labute approximate surface area is 93.3 Å². The number of hydrogen-bond acceptors (Lipinski definition) is 6. The summed E-state index contributed by atoms with van der Waals surface area (Å²) in [7, 11) is 0. The summed E-state index contributed by atoms with van der Waals surface area (Å²) in [5, 5.41) is 22.5. The molecule has 0 bridgehead atoms. The molecule has 17 heavy (non-hydrogen) atoms. The Bertz CT molecular complexity index is 701. The third-order valence-electron chi connectivity index (χ3n) is 2.24. The van der Waals surface area contributed by atoms with E-state index >= 15 is 0 Å². The zero-order valence-electron chi connectivity index (χ0n) is 8.28. The van der Waals surface area contributed by atoms with Crippen molar-refractivity contribution in [3.05, 3.63) is 24.0 Å². The number of carboxylic acid groups (broad SMARTS) is 1. The summed E-state index contributed by atoms with van der Waals surface area (Å²) in [6, 6.07) is 1.62. The van der Waals surface area contributed by atoms with Crippen molar-refractivity contribution in [3.8, 4) is 11.3 Å². The van der Waals surface area contributed by atoms with Crippen LogP contribution in [0.3, 0.4) is 0 Å². The largest absolute Gasteiger partial charge is 0.477 e. The van der Waals surface area contributed by atoms with Crippen LogP contribution in [0.4, 0.5) is 0 Å². The average molecular weight is 231 g/mol. The predicted molar refractivity (Wildman–Crippen MR) is 54.1 cm³/mol. The quantitative estimate of drug-likeness (QED) is 0.666. The highest BCUT2D eigenvalue weighted by atomic mass is 16.5. The minimum absolute atomic E-state index is 0.0188. The van der Waals surface area contributed by atoms with E-state index in [-0.39, 0.29) is 11.3 Å².